The van der Waals surface area contributed by atoms with Crippen molar-refractivity contribution >= 4 is 23.5 Å². The Morgan fingerprint density at radius 2 is 1.88 bits per heavy atom. The van der Waals surface area contributed by atoms with Crippen LogP contribution in [0.15, 0.2) is 18.2 Å². The predicted molar refractivity (Wildman–Crippen MR) is 103 cm³/mol. The zero-order chi connectivity index (χ0) is 23.8. The summed E-state index contributed by atoms with van der Waals surface area (Å²) in [6, 6.07) is 4.18. The van der Waals surface area contributed by atoms with Gasteiger partial charge >= 0.3 is 12.1 Å². The quantitative estimate of drug-likeness (QED) is 0.518. The van der Waals surface area contributed by atoms with Crippen LogP contribution in [0.2, 0.25) is 0 Å². The van der Waals surface area contributed by atoms with Gasteiger partial charge in [0.25, 0.3) is 0 Å². The van der Waals surface area contributed by atoms with Crippen LogP contribution >= 0.6 is 0 Å². The van der Waals surface area contributed by atoms with Gasteiger partial charge in [-0.05, 0) is 52.3 Å². The Bertz CT molecular complexity index is 1080. The molecule has 7 nitrogen and oxygen atoms in total. The largest absolute Gasteiger partial charge is 0.463 e. The maximum Gasteiger partial charge on any atom is 0.417 e. The molecule has 2 amide bonds. The fourth-order valence-corrected chi connectivity index (χ4v) is 5.45. The lowest BCUT2D eigenvalue weighted by atomic mass is 9.64. The summed E-state index contributed by atoms with van der Waals surface area (Å²) >= 11 is 0. The van der Waals surface area contributed by atoms with E-state index in [1.807, 2.05) is 0 Å². The highest BCUT2D eigenvalue weighted by Gasteiger charge is 2.77. The fraction of sp³-hybridized carbons (Fsp3) is 0.545. The second-order valence-electron chi connectivity index (χ2n) is 9.15. The third-order valence-corrected chi connectivity index (χ3v) is 6.66. The number of imide groups is 1. The summed E-state index contributed by atoms with van der Waals surface area (Å²) in [6.45, 7) is 6.58. The van der Waals surface area contributed by atoms with Crippen LogP contribution in [-0.4, -0.2) is 35.1 Å². The van der Waals surface area contributed by atoms with Gasteiger partial charge in [0.1, 0.15) is 0 Å². The van der Waals surface area contributed by atoms with E-state index in [1.54, 1.807) is 27.7 Å². The number of hydrogen-bond donors (Lipinski definition) is 0. The molecule has 0 unspecified atom stereocenters. The average molecular weight is 450 g/mol. The van der Waals surface area contributed by atoms with Crippen LogP contribution in [0.1, 0.15) is 45.2 Å². The molecule has 170 valence electrons. The Kier molecular flexibility index (Phi) is 4.72. The number of carbonyl (C=O) groups excluding carboxylic acids is 3. The Morgan fingerprint density at radius 3 is 2.44 bits per heavy atom. The number of carbonyl (C=O) groups is 3. The molecule has 4 rings (SSSR count). The number of ether oxygens (including phenoxy) is 2. The van der Waals surface area contributed by atoms with Crippen LogP contribution in [0.4, 0.5) is 18.9 Å². The smallest absolute Gasteiger partial charge is 0.417 e. The molecule has 3 aliphatic rings. The number of halogens is 3. The highest BCUT2D eigenvalue weighted by molar-refractivity contribution is 6.23. The van der Waals surface area contributed by atoms with Crippen molar-refractivity contribution < 1.29 is 37.0 Å². The van der Waals surface area contributed by atoms with Crippen molar-refractivity contribution in [2.24, 2.45) is 17.8 Å². The maximum atomic E-state index is 13.4. The van der Waals surface area contributed by atoms with Gasteiger partial charge in [-0.25, -0.2) is 4.90 Å². The number of fused-ring (bicyclic) bond motifs is 5. The van der Waals surface area contributed by atoms with Crippen LogP contribution in [-0.2, 0) is 30.0 Å². The van der Waals surface area contributed by atoms with E-state index in [9.17, 15) is 27.6 Å². The molecule has 2 bridgehead atoms. The first-order valence-corrected chi connectivity index (χ1v) is 10.1. The Morgan fingerprint density at radius 1 is 1.25 bits per heavy atom. The second kappa shape index (κ2) is 6.78. The number of hydrogen-bond acceptors (Lipinski definition) is 6. The Labute approximate surface area is 182 Å². The zero-order valence-corrected chi connectivity index (χ0v) is 17.8. The number of alkyl halides is 3. The summed E-state index contributed by atoms with van der Waals surface area (Å²) < 4.78 is 51.6. The highest BCUT2D eigenvalue weighted by atomic mass is 19.4. The van der Waals surface area contributed by atoms with Crippen molar-refractivity contribution in [1.82, 2.24) is 0 Å². The van der Waals surface area contributed by atoms with Crippen LogP contribution in [0.3, 0.4) is 0 Å². The lowest BCUT2D eigenvalue weighted by molar-refractivity contribution is -0.160. The Hall–Kier alpha value is -2.93. The molecule has 3 heterocycles. The molecule has 0 saturated carbocycles. The SMILES string of the molecule is CC(C)OC(=O)[C@@H]1C[C@@]2(C)O[C@]1(C)[C@@H]1C(=O)N(c3ccc(C#N)c(C(F)(F)F)c3)C(=O)[C@@H]12. The molecular weight excluding hydrogens is 429 g/mol. The van der Waals surface area contributed by atoms with E-state index in [0.717, 1.165) is 17.0 Å². The molecule has 0 aliphatic carbocycles. The molecule has 0 spiro atoms. The third kappa shape index (κ3) is 2.94. The van der Waals surface area contributed by atoms with E-state index >= 15 is 0 Å². The fourth-order valence-electron chi connectivity index (χ4n) is 5.45. The van der Waals surface area contributed by atoms with Gasteiger partial charge in [0.2, 0.25) is 11.8 Å². The van der Waals surface area contributed by atoms with Crippen molar-refractivity contribution in [2.45, 2.75) is 57.6 Å². The van der Waals surface area contributed by atoms with Gasteiger partial charge < -0.3 is 9.47 Å². The van der Waals surface area contributed by atoms with Crippen molar-refractivity contribution in [3.05, 3.63) is 29.3 Å². The van der Waals surface area contributed by atoms with Gasteiger partial charge in [-0.15, -0.1) is 0 Å². The van der Waals surface area contributed by atoms with Crippen LogP contribution in [0, 0.1) is 29.1 Å². The molecular formula is C22H21F3N2O5. The minimum atomic E-state index is -4.84. The van der Waals surface area contributed by atoms with E-state index in [0.29, 0.717) is 6.07 Å². The van der Waals surface area contributed by atoms with Gasteiger partial charge in [-0.2, -0.15) is 18.4 Å². The summed E-state index contributed by atoms with van der Waals surface area (Å²) in [5, 5.41) is 9.00. The van der Waals surface area contributed by atoms with Gasteiger partial charge in [0.05, 0.1) is 57.9 Å². The summed E-state index contributed by atoms with van der Waals surface area (Å²) in [5.74, 6) is -4.72. The van der Waals surface area contributed by atoms with Crippen LogP contribution in [0.25, 0.3) is 0 Å². The molecule has 1 aromatic carbocycles. The van der Waals surface area contributed by atoms with Gasteiger partial charge in [-0.1, -0.05) is 0 Å². The number of benzene rings is 1. The summed E-state index contributed by atoms with van der Waals surface area (Å²) in [7, 11) is 0. The van der Waals surface area contributed by atoms with Crippen molar-refractivity contribution in [3.8, 4) is 6.07 Å². The Balaban J connectivity index is 1.75. The van der Waals surface area contributed by atoms with Crippen molar-refractivity contribution in [2.75, 3.05) is 4.90 Å². The topological polar surface area (TPSA) is 96.7 Å². The van der Waals surface area contributed by atoms with E-state index in [2.05, 4.69) is 0 Å². The van der Waals surface area contributed by atoms with E-state index in [-0.39, 0.29) is 18.2 Å². The minimum Gasteiger partial charge on any atom is -0.463 e. The lowest BCUT2D eigenvalue weighted by Crippen LogP contribution is -2.49. The van der Waals surface area contributed by atoms with Gasteiger partial charge in [-0.3, -0.25) is 14.4 Å². The molecule has 0 radical (unpaired) electrons. The first-order chi connectivity index (χ1) is 14.7. The summed E-state index contributed by atoms with van der Waals surface area (Å²) in [5.41, 5.74) is -4.58. The van der Waals surface area contributed by atoms with E-state index < -0.39 is 64.0 Å². The number of esters is 1. The third-order valence-electron chi connectivity index (χ3n) is 6.66. The summed E-state index contributed by atoms with van der Waals surface area (Å²) in [4.78, 5) is 40.0. The molecule has 0 aromatic heterocycles. The van der Waals surface area contributed by atoms with Crippen molar-refractivity contribution in [3.63, 3.8) is 0 Å². The molecule has 3 aliphatic heterocycles. The molecule has 10 heteroatoms. The first-order valence-electron chi connectivity index (χ1n) is 10.1. The van der Waals surface area contributed by atoms with Crippen molar-refractivity contribution in [1.29, 1.82) is 5.26 Å². The highest BCUT2D eigenvalue weighted by Crippen LogP contribution is 2.63. The molecule has 0 N–H and O–H groups in total. The van der Waals surface area contributed by atoms with Crippen LogP contribution in [0.5, 0.6) is 0 Å². The first kappa shape index (κ1) is 22.3. The number of anilines is 1. The van der Waals surface area contributed by atoms with Gasteiger partial charge in [0, 0.05) is 0 Å². The molecule has 3 saturated heterocycles. The number of amides is 2. The molecule has 1 aromatic rings. The normalized spacial score (nSPS) is 33.6. The molecule has 32 heavy (non-hydrogen) atoms. The number of nitriles is 1. The van der Waals surface area contributed by atoms with E-state index in [4.69, 9.17) is 14.7 Å². The minimum absolute atomic E-state index is 0.157. The zero-order valence-electron chi connectivity index (χ0n) is 17.8. The molecule has 3 fully saturated rings. The molecule has 5 atom stereocenters. The van der Waals surface area contributed by atoms with E-state index in [1.165, 1.54) is 6.07 Å². The monoisotopic (exact) mass is 450 g/mol. The standard InChI is InChI=1S/C22H21F3N2O5/c1-10(2)31-19(30)14-8-20(3)15-16(21(14,4)32-20)18(29)27(17(15)28)12-6-5-11(9-26)13(7-12)22(23,24)25/h5-7,10,14-16H,8H2,1-4H3/t14-,15+,16-,20+,21-/m0/s1. The summed E-state index contributed by atoms with van der Waals surface area (Å²) in [6.07, 6.45) is -5.07. The number of rotatable bonds is 3. The second-order valence-corrected chi connectivity index (χ2v) is 9.15. The van der Waals surface area contributed by atoms with Gasteiger partial charge in [0.15, 0.2) is 0 Å². The maximum absolute atomic E-state index is 13.4. The van der Waals surface area contributed by atoms with Crippen LogP contribution < -0.4 is 4.90 Å². The lowest BCUT2D eigenvalue weighted by Gasteiger charge is -2.34. The predicted octanol–water partition coefficient (Wildman–Crippen LogP) is 3.20. The number of nitrogens with zero attached hydrogens (tertiary/aromatic N) is 2. The average Bonchev–Trinajstić information content (AvgIpc) is 3.21.